The van der Waals surface area contributed by atoms with Crippen molar-refractivity contribution in [2.45, 2.75) is 90.5 Å². The van der Waals surface area contributed by atoms with Gasteiger partial charge in [0.25, 0.3) is 0 Å². The molecular weight excluding hydrogens is 698 g/mol. The summed E-state index contributed by atoms with van der Waals surface area (Å²) >= 11 is 0. The number of ether oxygens (including phenoxy) is 4. The van der Waals surface area contributed by atoms with Gasteiger partial charge in [0.05, 0.1) is 45.6 Å². The molecule has 294 valence electrons. The van der Waals surface area contributed by atoms with E-state index in [1.165, 1.54) is 13.8 Å². The number of nitrogens with one attached hydrogen (secondary N) is 4. The Morgan fingerprint density at radius 2 is 1.35 bits per heavy atom. The molecule has 2 aliphatic heterocycles. The van der Waals surface area contributed by atoms with Crippen molar-refractivity contribution in [1.82, 2.24) is 26.2 Å². The van der Waals surface area contributed by atoms with Crippen LogP contribution < -0.4 is 21.3 Å². The van der Waals surface area contributed by atoms with E-state index in [1.807, 2.05) is 4.90 Å². The largest absolute Gasteiger partial charge is 0.379 e. The summed E-state index contributed by atoms with van der Waals surface area (Å²) in [7, 11) is 0. The summed E-state index contributed by atoms with van der Waals surface area (Å²) in [6, 6.07) is 2.82. The van der Waals surface area contributed by atoms with Gasteiger partial charge in [0.1, 0.15) is 23.7 Å². The van der Waals surface area contributed by atoms with Crippen LogP contribution in [0.15, 0.2) is 30.3 Å². The van der Waals surface area contributed by atoms with Crippen molar-refractivity contribution in [2.75, 3.05) is 52.7 Å². The van der Waals surface area contributed by atoms with Crippen LogP contribution in [-0.4, -0.2) is 130 Å². The summed E-state index contributed by atoms with van der Waals surface area (Å²) in [6.07, 6.45) is -0.540. The molecule has 52 heavy (non-hydrogen) atoms. The second kappa shape index (κ2) is 22.4. The number of benzene rings is 1. The van der Waals surface area contributed by atoms with Crippen molar-refractivity contribution in [3.05, 3.63) is 35.9 Å². The van der Waals surface area contributed by atoms with E-state index in [0.717, 1.165) is 5.92 Å². The number of amides is 4. The zero-order valence-electron chi connectivity index (χ0n) is 30.1. The number of carbonyl (C=O) groups is 5. The third-order valence-corrected chi connectivity index (χ3v) is 7.56. The summed E-state index contributed by atoms with van der Waals surface area (Å²) < 4.78 is 70.2. The molecule has 4 N–H and O–H groups in total. The molecule has 18 heteroatoms. The molecule has 1 aromatic carbocycles. The number of hydrogen-bond acceptors (Lipinski definition) is 10. The third kappa shape index (κ3) is 17.2. The minimum absolute atomic E-state index is 0.00872. The molecule has 14 nitrogen and oxygen atoms in total. The van der Waals surface area contributed by atoms with Crippen molar-refractivity contribution in [3.63, 3.8) is 0 Å². The number of morpholine rings is 1. The van der Waals surface area contributed by atoms with Crippen LogP contribution in [0.1, 0.15) is 46.6 Å². The van der Waals surface area contributed by atoms with E-state index in [2.05, 4.69) is 51.5 Å². The van der Waals surface area contributed by atoms with E-state index in [9.17, 15) is 41.5 Å². The average Bonchev–Trinajstić information content (AvgIpc) is 3.83. The molecule has 0 saturated carbocycles. The van der Waals surface area contributed by atoms with Gasteiger partial charge in [-0.25, -0.2) is 0 Å². The number of alkyl halides is 4. The average molecular weight is 750 g/mol. The number of Topliss-reactive ketones (excluding diaryl/α,β-unsaturated/α-hetero) is 1. The Balaban J connectivity index is 0.00000222. The molecule has 1 aromatic rings. The van der Waals surface area contributed by atoms with Gasteiger partial charge in [-0.05, 0) is 25.3 Å². The summed E-state index contributed by atoms with van der Waals surface area (Å²) in [5.74, 6) is -3.22. The first-order valence-electron chi connectivity index (χ1n) is 17.0. The van der Waals surface area contributed by atoms with Crippen LogP contribution >= 0.6 is 0 Å². The molecule has 0 bridgehead atoms. The Morgan fingerprint density at radius 1 is 0.808 bits per heavy atom. The van der Waals surface area contributed by atoms with Gasteiger partial charge < -0.3 is 40.2 Å². The Bertz CT molecular complexity index is 1280. The Labute approximate surface area is 301 Å². The highest BCUT2D eigenvalue weighted by Gasteiger charge is 2.49. The molecule has 2 saturated heterocycles. The first-order valence-corrected chi connectivity index (χ1v) is 17.0. The van der Waals surface area contributed by atoms with Crippen molar-refractivity contribution in [3.8, 4) is 0 Å². The van der Waals surface area contributed by atoms with Gasteiger partial charge in [-0.2, -0.15) is 17.6 Å². The maximum absolute atomic E-state index is 13.6. The van der Waals surface area contributed by atoms with Gasteiger partial charge >= 0.3 is 13.2 Å². The fourth-order valence-corrected chi connectivity index (χ4v) is 4.79. The molecule has 0 aliphatic carbocycles. The lowest BCUT2D eigenvalue weighted by atomic mass is 10.0. The standard InChI is InChI=1S/C30H41F4N5O9.C4H10/c1-18(24(41)30(2)17-48-30)35-27(44)22(16-47-29(33)34)38-25(42)20(8-11-46-28(31)32)37-26(43)21(14-19-6-4-3-5-7-19)36-23(40)15-39-9-12-45-13-10-39;1-4(2)3/h3-7,18,20-22,28-29H,8-17H2,1-2H3,(H,35,44)(H,36,40)(H,37,43)(H,38,42);4H,1-3H3/t18?,20?,21-,22-,30?;/m0./s1. The second-order valence-corrected chi connectivity index (χ2v) is 13.2. The maximum Gasteiger partial charge on any atom is 0.345 e. The number of hydrogen-bond donors (Lipinski definition) is 4. The third-order valence-electron chi connectivity index (χ3n) is 7.56. The van der Waals surface area contributed by atoms with Gasteiger partial charge in [0.15, 0.2) is 5.78 Å². The van der Waals surface area contributed by atoms with Crippen LogP contribution in [-0.2, 0) is 49.3 Å². The molecule has 0 radical (unpaired) electrons. The van der Waals surface area contributed by atoms with Gasteiger partial charge in [-0.15, -0.1) is 0 Å². The highest BCUT2D eigenvalue weighted by atomic mass is 19.3. The number of epoxide rings is 1. The quantitative estimate of drug-likeness (QED) is 0.113. The normalized spacial score (nSPS) is 19.5. The molecule has 3 rings (SSSR count). The smallest absolute Gasteiger partial charge is 0.345 e. The highest BCUT2D eigenvalue weighted by Crippen LogP contribution is 2.28. The molecular formula is C34H51F4N5O9. The zero-order chi connectivity index (χ0) is 38.8. The molecule has 0 aromatic heterocycles. The van der Waals surface area contributed by atoms with Gasteiger partial charge in [0, 0.05) is 25.9 Å². The molecule has 5 atom stereocenters. The minimum Gasteiger partial charge on any atom is -0.379 e. The van der Waals surface area contributed by atoms with E-state index in [-0.39, 0.29) is 19.6 Å². The van der Waals surface area contributed by atoms with Crippen molar-refractivity contribution in [2.24, 2.45) is 5.92 Å². The van der Waals surface area contributed by atoms with Crippen molar-refractivity contribution in [1.29, 1.82) is 0 Å². The predicted octanol–water partition coefficient (Wildman–Crippen LogP) is 1.41. The fourth-order valence-electron chi connectivity index (χ4n) is 4.79. The highest BCUT2D eigenvalue weighted by molar-refractivity contribution is 5.98. The summed E-state index contributed by atoms with van der Waals surface area (Å²) in [5, 5.41) is 9.54. The van der Waals surface area contributed by atoms with Gasteiger partial charge in [-0.3, -0.25) is 28.9 Å². The number of nitrogens with zero attached hydrogens (tertiary/aromatic N) is 1. The van der Waals surface area contributed by atoms with Gasteiger partial charge in [-0.1, -0.05) is 51.1 Å². The Morgan fingerprint density at radius 3 is 1.90 bits per heavy atom. The molecule has 3 unspecified atom stereocenters. The van der Waals surface area contributed by atoms with Crippen molar-refractivity contribution < 1.29 is 60.5 Å². The summed E-state index contributed by atoms with van der Waals surface area (Å²) in [6.45, 7) is 3.00. The van der Waals surface area contributed by atoms with E-state index in [1.54, 1.807) is 30.3 Å². The molecule has 2 heterocycles. The Kier molecular flexibility index (Phi) is 19.1. The number of rotatable bonds is 20. The lowest BCUT2D eigenvalue weighted by molar-refractivity contribution is -0.149. The van der Waals surface area contributed by atoms with Crippen LogP contribution in [0, 0.1) is 5.92 Å². The summed E-state index contributed by atoms with van der Waals surface area (Å²) in [5.41, 5.74) is -0.458. The Hall–Kier alpha value is -3.71. The van der Waals surface area contributed by atoms with Crippen molar-refractivity contribution >= 4 is 29.4 Å². The molecule has 2 fully saturated rings. The molecule has 0 spiro atoms. The second-order valence-electron chi connectivity index (χ2n) is 13.2. The van der Waals surface area contributed by atoms with Crippen LogP contribution in [0.25, 0.3) is 0 Å². The zero-order valence-corrected chi connectivity index (χ0v) is 30.1. The lowest BCUT2D eigenvalue weighted by Gasteiger charge is -2.28. The van der Waals surface area contributed by atoms with E-state index < -0.39 is 92.0 Å². The number of ketones is 1. The fraction of sp³-hybridized carbons (Fsp3) is 0.676. The van der Waals surface area contributed by atoms with Crippen LogP contribution in [0.4, 0.5) is 17.6 Å². The van der Waals surface area contributed by atoms with E-state index >= 15 is 0 Å². The topological polar surface area (TPSA) is 177 Å². The minimum atomic E-state index is -3.33. The maximum atomic E-state index is 13.6. The van der Waals surface area contributed by atoms with E-state index in [0.29, 0.717) is 31.9 Å². The molecule has 2 aliphatic rings. The van der Waals surface area contributed by atoms with Gasteiger partial charge in [0.2, 0.25) is 23.6 Å². The number of halogens is 4. The van der Waals surface area contributed by atoms with E-state index in [4.69, 9.17) is 9.47 Å². The lowest BCUT2D eigenvalue weighted by Crippen LogP contribution is -2.59. The molecule has 4 amide bonds. The number of carbonyl (C=O) groups excluding carboxylic acids is 5. The van der Waals surface area contributed by atoms with Crippen LogP contribution in [0.5, 0.6) is 0 Å². The summed E-state index contributed by atoms with van der Waals surface area (Å²) in [4.78, 5) is 67.2. The van der Waals surface area contributed by atoms with Crippen LogP contribution in [0.2, 0.25) is 0 Å². The SMILES string of the molecule is CC(C)C.CC(NC(=O)[C@H](COC(F)F)NC(=O)C(CCOC(F)F)NC(=O)[C@H](Cc1ccccc1)NC(=O)CN1CCOCC1)C(=O)C1(C)CO1. The first-order chi connectivity index (χ1) is 24.5. The predicted molar refractivity (Wildman–Crippen MR) is 179 cm³/mol. The van der Waals surface area contributed by atoms with Crippen LogP contribution in [0.3, 0.4) is 0 Å². The monoisotopic (exact) mass is 749 g/mol. The first kappa shape index (κ1) is 44.5.